The summed E-state index contributed by atoms with van der Waals surface area (Å²) >= 11 is 5.98. The molecular formula is C12H15ClO3. The van der Waals surface area contributed by atoms with Crippen molar-refractivity contribution in [2.75, 3.05) is 20.3 Å². The zero-order valence-corrected chi connectivity index (χ0v) is 10.2. The van der Waals surface area contributed by atoms with Gasteiger partial charge in [0.25, 0.3) is 0 Å². The van der Waals surface area contributed by atoms with E-state index >= 15 is 0 Å². The first-order chi connectivity index (χ1) is 7.65. The van der Waals surface area contributed by atoms with Gasteiger partial charge in [0, 0.05) is 25.7 Å². The second-order valence-corrected chi connectivity index (χ2v) is 3.80. The molecule has 0 spiro atoms. The Labute approximate surface area is 100 Å². The van der Waals surface area contributed by atoms with Gasteiger partial charge in [0.1, 0.15) is 5.75 Å². The monoisotopic (exact) mass is 242 g/mol. The SMILES string of the molecule is COCCCOc1ccc(C(C)=O)cc1Cl. The smallest absolute Gasteiger partial charge is 0.159 e. The fourth-order valence-electron chi connectivity index (χ4n) is 1.22. The highest BCUT2D eigenvalue weighted by Gasteiger charge is 2.05. The molecule has 16 heavy (non-hydrogen) atoms. The van der Waals surface area contributed by atoms with E-state index in [0.717, 1.165) is 6.42 Å². The summed E-state index contributed by atoms with van der Waals surface area (Å²) in [6, 6.07) is 5.04. The molecule has 1 aromatic rings. The summed E-state index contributed by atoms with van der Waals surface area (Å²) in [5.41, 5.74) is 0.592. The average Bonchev–Trinajstić information content (AvgIpc) is 2.26. The van der Waals surface area contributed by atoms with Crippen molar-refractivity contribution in [2.45, 2.75) is 13.3 Å². The average molecular weight is 243 g/mol. The Morgan fingerprint density at radius 2 is 2.12 bits per heavy atom. The summed E-state index contributed by atoms with van der Waals surface area (Å²) in [4.78, 5) is 11.1. The molecule has 0 heterocycles. The largest absolute Gasteiger partial charge is 0.492 e. The number of carbonyl (C=O) groups excluding carboxylic acids is 1. The summed E-state index contributed by atoms with van der Waals surface area (Å²) in [6.45, 7) is 2.71. The quantitative estimate of drug-likeness (QED) is 0.568. The van der Waals surface area contributed by atoms with Crippen molar-refractivity contribution in [1.82, 2.24) is 0 Å². The van der Waals surface area contributed by atoms with Crippen LogP contribution in [0.3, 0.4) is 0 Å². The van der Waals surface area contributed by atoms with E-state index in [-0.39, 0.29) is 5.78 Å². The van der Waals surface area contributed by atoms with E-state index in [1.807, 2.05) is 0 Å². The number of hydrogen-bond donors (Lipinski definition) is 0. The maximum Gasteiger partial charge on any atom is 0.159 e. The lowest BCUT2D eigenvalue weighted by Gasteiger charge is -2.08. The molecule has 0 bridgehead atoms. The molecule has 0 atom stereocenters. The van der Waals surface area contributed by atoms with Crippen LogP contribution in [0, 0.1) is 0 Å². The number of ketones is 1. The third-order valence-corrected chi connectivity index (χ3v) is 2.38. The number of halogens is 1. The number of Topliss-reactive ketones (excluding diaryl/α,β-unsaturated/α-hetero) is 1. The fraction of sp³-hybridized carbons (Fsp3) is 0.417. The summed E-state index contributed by atoms with van der Waals surface area (Å²) in [5.74, 6) is 0.593. The highest BCUT2D eigenvalue weighted by Crippen LogP contribution is 2.25. The molecule has 0 fully saturated rings. The van der Waals surface area contributed by atoms with Crippen LogP contribution in [-0.4, -0.2) is 26.1 Å². The van der Waals surface area contributed by atoms with Crippen LogP contribution in [0.1, 0.15) is 23.7 Å². The lowest BCUT2D eigenvalue weighted by molar-refractivity contribution is 0.101. The Hall–Kier alpha value is -1.06. The van der Waals surface area contributed by atoms with E-state index in [9.17, 15) is 4.79 Å². The molecule has 1 aromatic carbocycles. The molecule has 0 aliphatic heterocycles. The molecule has 0 unspecified atom stereocenters. The maximum absolute atomic E-state index is 11.1. The van der Waals surface area contributed by atoms with E-state index in [1.165, 1.54) is 6.92 Å². The number of ether oxygens (including phenoxy) is 2. The molecule has 1 rings (SSSR count). The highest BCUT2D eigenvalue weighted by molar-refractivity contribution is 6.32. The Bertz CT molecular complexity index is 363. The van der Waals surface area contributed by atoms with Gasteiger partial charge >= 0.3 is 0 Å². The normalized spacial score (nSPS) is 10.2. The second kappa shape index (κ2) is 6.51. The standard InChI is InChI=1S/C12H15ClO3/c1-9(14)10-4-5-12(11(13)8-10)16-7-3-6-15-2/h4-5,8H,3,6-7H2,1-2H3. The molecule has 0 radical (unpaired) electrons. The van der Waals surface area contributed by atoms with E-state index in [4.69, 9.17) is 21.1 Å². The summed E-state index contributed by atoms with van der Waals surface area (Å²) in [7, 11) is 1.65. The molecule has 0 aliphatic rings. The molecule has 4 heteroatoms. The first-order valence-electron chi connectivity index (χ1n) is 5.07. The minimum atomic E-state index is -0.00664. The van der Waals surface area contributed by atoms with E-state index < -0.39 is 0 Å². The summed E-state index contributed by atoms with van der Waals surface area (Å²) in [5, 5.41) is 0.463. The van der Waals surface area contributed by atoms with Crippen molar-refractivity contribution in [2.24, 2.45) is 0 Å². The maximum atomic E-state index is 11.1. The van der Waals surface area contributed by atoms with Crippen molar-refractivity contribution in [1.29, 1.82) is 0 Å². The van der Waals surface area contributed by atoms with Crippen LogP contribution in [0.25, 0.3) is 0 Å². The Kier molecular flexibility index (Phi) is 5.29. The van der Waals surface area contributed by atoms with Gasteiger partial charge in [0.05, 0.1) is 11.6 Å². The van der Waals surface area contributed by atoms with E-state index in [2.05, 4.69) is 0 Å². The molecule has 0 saturated heterocycles. The fourth-order valence-corrected chi connectivity index (χ4v) is 1.46. The number of methoxy groups -OCH3 is 1. The first kappa shape index (κ1) is 13.0. The molecule has 0 aromatic heterocycles. The first-order valence-corrected chi connectivity index (χ1v) is 5.45. The zero-order chi connectivity index (χ0) is 12.0. The number of benzene rings is 1. The topological polar surface area (TPSA) is 35.5 Å². The lowest BCUT2D eigenvalue weighted by Crippen LogP contribution is -2.02. The predicted molar refractivity (Wildman–Crippen MR) is 63.4 cm³/mol. The van der Waals surface area contributed by atoms with Gasteiger partial charge in [0.15, 0.2) is 5.78 Å². The van der Waals surface area contributed by atoms with Gasteiger partial charge in [-0.25, -0.2) is 0 Å². The third kappa shape index (κ3) is 3.83. The lowest BCUT2D eigenvalue weighted by atomic mass is 10.1. The number of rotatable bonds is 6. The van der Waals surface area contributed by atoms with Crippen molar-refractivity contribution >= 4 is 17.4 Å². The van der Waals surface area contributed by atoms with Crippen LogP contribution in [-0.2, 0) is 4.74 Å². The Balaban J connectivity index is 2.57. The van der Waals surface area contributed by atoms with Crippen molar-refractivity contribution in [3.8, 4) is 5.75 Å². The summed E-state index contributed by atoms with van der Waals surface area (Å²) < 4.78 is 10.4. The van der Waals surface area contributed by atoms with E-state index in [0.29, 0.717) is 29.5 Å². The van der Waals surface area contributed by atoms with Crippen molar-refractivity contribution in [3.05, 3.63) is 28.8 Å². The molecule has 0 amide bonds. The molecule has 0 N–H and O–H groups in total. The minimum Gasteiger partial charge on any atom is -0.492 e. The highest BCUT2D eigenvalue weighted by atomic mass is 35.5. The second-order valence-electron chi connectivity index (χ2n) is 3.40. The van der Waals surface area contributed by atoms with Crippen LogP contribution < -0.4 is 4.74 Å². The predicted octanol–water partition coefficient (Wildman–Crippen LogP) is 2.96. The van der Waals surface area contributed by atoms with Gasteiger partial charge in [-0.15, -0.1) is 0 Å². The van der Waals surface area contributed by atoms with Gasteiger partial charge in [-0.2, -0.15) is 0 Å². The molecular weight excluding hydrogens is 228 g/mol. The van der Waals surface area contributed by atoms with Crippen LogP contribution >= 0.6 is 11.6 Å². The van der Waals surface area contributed by atoms with Crippen LogP contribution in [0.5, 0.6) is 5.75 Å². The van der Waals surface area contributed by atoms with Crippen LogP contribution in [0.4, 0.5) is 0 Å². The van der Waals surface area contributed by atoms with Gasteiger partial charge in [-0.1, -0.05) is 11.6 Å². The minimum absolute atomic E-state index is 0.00664. The van der Waals surface area contributed by atoms with Crippen molar-refractivity contribution < 1.29 is 14.3 Å². The van der Waals surface area contributed by atoms with E-state index in [1.54, 1.807) is 25.3 Å². The van der Waals surface area contributed by atoms with Crippen molar-refractivity contribution in [3.63, 3.8) is 0 Å². The van der Waals surface area contributed by atoms with Gasteiger partial charge in [-0.05, 0) is 25.1 Å². The van der Waals surface area contributed by atoms with Gasteiger partial charge < -0.3 is 9.47 Å². The Morgan fingerprint density at radius 1 is 1.38 bits per heavy atom. The summed E-state index contributed by atoms with van der Waals surface area (Å²) in [6.07, 6.45) is 0.807. The third-order valence-electron chi connectivity index (χ3n) is 2.09. The number of carbonyl (C=O) groups is 1. The van der Waals surface area contributed by atoms with Crippen LogP contribution in [0.15, 0.2) is 18.2 Å². The zero-order valence-electron chi connectivity index (χ0n) is 9.46. The molecule has 0 saturated carbocycles. The number of hydrogen-bond acceptors (Lipinski definition) is 3. The molecule has 3 nitrogen and oxygen atoms in total. The molecule has 88 valence electrons. The van der Waals surface area contributed by atoms with Gasteiger partial charge in [0.2, 0.25) is 0 Å². The Morgan fingerprint density at radius 3 is 2.69 bits per heavy atom. The molecule has 0 aliphatic carbocycles. The van der Waals surface area contributed by atoms with Gasteiger partial charge in [-0.3, -0.25) is 4.79 Å². The van der Waals surface area contributed by atoms with Crippen LogP contribution in [0.2, 0.25) is 5.02 Å².